The number of fused-ring (bicyclic) bond motifs is 1. The van der Waals surface area contributed by atoms with Crippen molar-refractivity contribution in [3.8, 4) is 0 Å². The van der Waals surface area contributed by atoms with Gasteiger partial charge in [0.1, 0.15) is 0 Å². The standard InChI is InChI=1S/C18H17.C9H13.C2H6Si.Zr/c1-2-7-14-8-3-5-10-16(14)18-13-12-15-9-4-6-11-17(15)18;1-6-5-7(2)9(4)8(6)3;1-3-2;/h3-6,8-13H,2,7H2,1H3;5H,1-4H3;1-2H3;. The number of rotatable bonds is 5. The van der Waals surface area contributed by atoms with Crippen LogP contribution in [0.1, 0.15) is 66.9 Å². The maximum absolute atomic E-state index is 2.73. The molecule has 160 valence electrons. The van der Waals surface area contributed by atoms with Gasteiger partial charge in [-0.25, -0.2) is 0 Å². The Morgan fingerprint density at radius 2 is 1.39 bits per heavy atom. The molecule has 0 heterocycles. The molecule has 0 amide bonds. The molecule has 0 nitrogen and oxygen atoms in total. The van der Waals surface area contributed by atoms with Gasteiger partial charge in [-0.3, -0.25) is 0 Å². The first kappa shape index (κ1) is 22.9. The second kappa shape index (κ2) is 9.32. The normalized spacial score (nSPS) is 18.5. The van der Waals surface area contributed by atoms with Gasteiger partial charge in [0.15, 0.2) is 0 Å². The maximum atomic E-state index is 2.73. The van der Waals surface area contributed by atoms with Crippen molar-refractivity contribution in [1.82, 2.24) is 0 Å². The Bertz CT molecular complexity index is 1130. The van der Waals surface area contributed by atoms with Crippen molar-refractivity contribution < 1.29 is 20.4 Å². The van der Waals surface area contributed by atoms with E-state index in [-0.39, 0.29) is 5.43 Å². The Morgan fingerprint density at radius 3 is 2.00 bits per heavy atom. The zero-order valence-electron chi connectivity index (χ0n) is 20.3. The number of hydrogen-bond donors (Lipinski definition) is 0. The Labute approximate surface area is 197 Å². The molecule has 4 rings (SSSR count). The van der Waals surface area contributed by atoms with Crippen molar-refractivity contribution in [2.24, 2.45) is 0 Å². The minimum absolute atomic E-state index is 0.333. The van der Waals surface area contributed by atoms with Crippen molar-refractivity contribution in [2.75, 3.05) is 0 Å². The second-order valence-corrected chi connectivity index (χ2v) is 27.5. The molecule has 31 heavy (non-hydrogen) atoms. The van der Waals surface area contributed by atoms with Crippen molar-refractivity contribution >= 4 is 11.0 Å². The van der Waals surface area contributed by atoms with Crippen molar-refractivity contribution in [3.63, 3.8) is 0 Å². The van der Waals surface area contributed by atoms with E-state index in [1.165, 1.54) is 28.7 Å². The fourth-order valence-corrected chi connectivity index (χ4v) is 26.3. The van der Waals surface area contributed by atoms with Crippen molar-refractivity contribution in [2.45, 2.75) is 67.8 Å². The van der Waals surface area contributed by atoms with Crippen LogP contribution >= 0.6 is 0 Å². The van der Waals surface area contributed by atoms with Crippen LogP contribution in [-0.4, -0.2) is 5.43 Å². The van der Waals surface area contributed by atoms with Gasteiger partial charge < -0.3 is 0 Å². The summed E-state index contributed by atoms with van der Waals surface area (Å²) in [5.41, 5.74) is 13.8. The monoisotopic (exact) mass is 502 g/mol. The van der Waals surface area contributed by atoms with E-state index in [0.29, 0.717) is 3.63 Å². The molecule has 0 saturated carbocycles. The number of allylic oxidation sites excluding steroid dienone is 5. The molecule has 0 radical (unpaired) electrons. The summed E-state index contributed by atoms with van der Waals surface area (Å²) in [5, 5.41) is 0. The molecule has 0 saturated heterocycles. The predicted octanol–water partition coefficient (Wildman–Crippen LogP) is 8.47. The molecular weight excluding hydrogens is 468 g/mol. The van der Waals surface area contributed by atoms with Crippen LogP contribution in [0.15, 0.2) is 76.9 Å². The van der Waals surface area contributed by atoms with E-state index in [1.54, 1.807) is 27.9 Å². The number of hydrogen-bond acceptors (Lipinski definition) is 0. The van der Waals surface area contributed by atoms with Crippen LogP contribution in [0.25, 0.3) is 5.57 Å². The SMILES string of the molecule is CCCc1ccccc1C1=C[CH]([Zr]([CH]2C(C)=C(C)C(C)=C2C)=[Si](C)C)c2ccccc21. The summed E-state index contributed by atoms with van der Waals surface area (Å²) in [4.78, 5) is 0. The first-order valence-electron chi connectivity index (χ1n) is 11.8. The summed E-state index contributed by atoms with van der Waals surface area (Å²) in [6.07, 6.45) is 5.09. The van der Waals surface area contributed by atoms with E-state index < -0.39 is 20.4 Å². The van der Waals surface area contributed by atoms with Gasteiger partial charge in [-0.05, 0) is 0 Å². The van der Waals surface area contributed by atoms with Crippen LogP contribution in [0.2, 0.25) is 16.7 Å². The van der Waals surface area contributed by atoms with Crippen LogP contribution in [0.5, 0.6) is 0 Å². The minimum atomic E-state index is -1.88. The summed E-state index contributed by atoms with van der Waals surface area (Å²) in [6, 6.07) is 18.5. The molecule has 2 aliphatic carbocycles. The summed E-state index contributed by atoms with van der Waals surface area (Å²) < 4.78 is 1.48. The molecule has 0 fully saturated rings. The second-order valence-electron chi connectivity index (χ2n) is 9.56. The van der Waals surface area contributed by atoms with E-state index in [1.807, 2.05) is 0 Å². The van der Waals surface area contributed by atoms with Gasteiger partial charge in [-0.2, -0.15) is 0 Å². The Morgan fingerprint density at radius 1 is 0.806 bits per heavy atom. The molecular formula is C29H36SiZr. The third-order valence-corrected chi connectivity index (χ3v) is 27.3. The van der Waals surface area contributed by atoms with Gasteiger partial charge in [-0.15, -0.1) is 0 Å². The number of aryl methyl sites for hydroxylation is 1. The van der Waals surface area contributed by atoms with Crippen molar-refractivity contribution in [1.29, 1.82) is 0 Å². The molecule has 2 aliphatic rings. The molecule has 0 aliphatic heterocycles. The van der Waals surface area contributed by atoms with Gasteiger partial charge >= 0.3 is 198 Å². The quantitative estimate of drug-likeness (QED) is 0.359. The van der Waals surface area contributed by atoms with E-state index in [4.69, 9.17) is 0 Å². The van der Waals surface area contributed by atoms with E-state index >= 15 is 0 Å². The molecule has 2 aromatic rings. The van der Waals surface area contributed by atoms with Crippen LogP contribution in [0.4, 0.5) is 0 Å². The summed E-state index contributed by atoms with van der Waals surface area (Å²) in [6.45, 7) is 17.1. The zero-order valence-corrected chi connectivity index (χ0v) is 23.7. The molecule has 1 atom stereocenters. The van der Waals surface area contributed by atoms with Crippen LogP contribution in [0.3, 0.4) is 0 Å². The Kier molecular flexibility index (Phi) is 6.90. The first-order chi connectivity index (χ1) is 14.9. The van der Waals surface area contributed by atoms with Crippen LogP contribution in [0, 0.1) is 0 Å². The molecule has 0 spiro atoms. The molecule has 2 heteroatoms. The van der Waals surface area contributed by atoms with Crippen LogP contribution < -0.4 is 0 Å². The molecule has 0 aromatic heterocycles. The molecule has 1 unspecified atom stereocenters. The fourth-order valence-electron chi connectivity index (χ4n) is 5.72. The predicted molar refractivity (Wildman–Crippen MR) is 135 cm³/mol. The topological polar surface area (TPSA) is 0 Å². The van der Waals surface area contributed by atoms with Crippen LogP contribution in [-0.2, 0) is 26.8 Å². The van der Waals surface area contributed by atoms with Gasteiger partial charge in [0.2, 0.25) is 0 Å². The summed E-state index contributed by atoms with van der Waals surface area (Å²) >= 11 is -1.88. The fraction of sp³-hybridized carbons (Fsp3) is 0.379. The van der Waals surface area contributed by atoms with Gasteiger partial charge in [0.25, 0.3) is 0 Å². The average molecular weight is 504 g/mol. The summed E-state index contributed by atoms with van der Waals surface area (Å²) in [5.74, 6) is 0. The summed E-state index contributed by atoms with van der Waals surface area (Å²) in [7, 11) is 0. The average Bonchev–Trinajstić information content (AvgIpc) is 3.22. The van der Waals surface area contributed by atoms with E-state index in [2.05, 4.69) is 102 Å². The van der Waals surface area contributed by atoms with E-state index in [9.17, 15) is 0 Å². The van der Waals surface area contributed by atoms with Gasteiger partial charge in [0.05, 0.1) is 0 Å². The van der Waals surface area contributed by atoms with E-state index in [0.717, 1.165) is 10.0 Å². The third-order valence-electron chi connectivity index (χ3n) is 7.58. The van der Waals surface area contributed by atoms with Gasteiger partial charge in [0, 0.05) is 0 Å². The Hall–Kier alpha value is -1.24. The third kappa shape index (κ3) is 4.00. The number of benzene rings is 2. The molecule has 0 N–H and O–H groups in total. The first-order valence-corrected chi connectivity index (χ1v) is 20.8. The molecule has 2 aromatic carbocycles. The molecule has 0 bridgehead atoms. The van der Waals surface area contributed by atoms with Gasteiger partial charge in [-0.1, -0.05) is 0 Å². The Balaban J connectivity index is 1.91. The zero-order chi connectivity index (χ0) is 22.3. The van der Waals surface area contributed by atoms with Crippen molar-refractivity contribution in [3.05, 3.63) is 99.2 Å².